The fraction of sp³-hybridized carbons (Fsp3) is 0.571. The van der Waals surface area contributed by atoms with Gasteiger partial charge in [-0.05, 0) is 12.5 Å². The van der Waals surface area contributed by atoms with E-state index in [2.05, 4.69) is 47.1 Å². The number of piperazine rings is 1. The van der Waals surface area contributed by atoms with Crippen LogP contribution in [0.4, 0.5) is 0 Å². The summed E-state index contributed by atoms with van der Waals surface area (Å²) in [5.41, 5.74) is 1.41. The van der Waals surface area contributed by atoms with Crippen molar-refractivity contribution >= 4 is 11.6 Å². The van der Waals surface area contributed by atoms with E-state index < -0.39 is 0 Å². The molecule has 1 unspecified atom stereocenters. The maximum absolute atomic E-state index is 5.81. The predicted octanol–water partition coefficient (Wildman–Crippen LogP) is 2.43. The van der Waals surface area contributed by atoms with Gasteiger partial charge in [0.05, 0.1) is 0 Å². The molecule has 0 aliphatic carbocycles. The summed E-state index contributed by atoms with van der Waals surface area (Å²) in [6.07, 6.45) is 0. The predicted molar refractivity (Wildman–Crippen MR) is 73.5 cm³/mol. The summed E-state index contributed by atoms with van der Waals surface area (Å²) >= 11 is 5.81. The minimum atomic E-state index is 0.617. The Hall–Kier alpha value is -0.570. The topological polar surface area (TPSA) is 6.48 Å². The van der Waals surface area contributed by atoms with E-state index in [1.807, 2.05) is 0 Å². The Bertz CT molecular complexity index is 328. The van der Waals surface area contributed by atoms with Crippen LogP contribution in [0.15, 0.2) is 30.3 Å². The summed E-state index contributed by atoms with van der Waals surface area (Å²) in [6.45, 7) is 7.81. The second-order valence-corrected chi connectivity index (χ2v) is 5.17. The number of halogens is 1. The number of hydrogen-bond acceptors (Lipinski definition) is 2. The van der Waals surface area contributed by atoms with Crippen LogP contribution in [-0.4, -0.2) is 47.9 Å². The lowest BCUT2D eigenvalue weighted by molar-refractivity contribution is 0.0840. The van der Waals surface area contributed by atoms with Gasteiger partial charge >= 0.3 is 0 Å². The van der Waals surface area contributed by atoms with Crippen LogP contribution in [0.3, 0.4) is 0 Å². The Balaban J connectivity index is 1.85. The fourth-order valence-electron chi connectivity index (χ4n) is 2.50. The zero-order valence-corrected chi connectivity index (χ0v) is 11.2. The Labute approximate surface area is 109 Å². The summed E-state index contributed by atoms with van der Waals surface area (Å²) in [7, 11) is 0. The molecule has 0 amide bonds. The van der Waals surface area contributed by atoms with Crippen molar-refractivity contribution in [2.24, 2.45) is 0 Å². The van der Waals surface area contributed by atoms with Crippen molar-refractivity contribution in [2.75, 3.05) is 32.1 Å². The van der Waals surface area contributed by atoms with E-state index in [-0.39, 0.29) is 0 Å². The van der Waals surface area contributed by atoms with E-state index >= 15 is 0 Å². The minimum Gasteiger partial charge on any atom is -0.297 e. The third-order valence-electron chi connectivity index (χ3n) is 3.47. The highest BCUT2D eigenvalue weighted by Gasteiger charge is 2.22. The highest BCUT2D eigenvalue weighted by Crippen LogP contribution is 2.12. The van der Waals surface area contributed by atoms with Crippen molar-refractivity contribution in [3.63, 3.8) is 0 Å². The fourth-order valence-corrected chi connectivity index (χ4v) is 2.71. The third-order valence-corrected chi connectivity index (χ3v) is 3.64. The van der Waals surface area contributed by atoms with E-state index in [0.717, 1.165) is 38.6 Å². The maximum atomic E-state index is 5.81. The minimum absolute atomic E-state index is 0.617. The smallest absolute Gasteiger partial charge is 0.0351 e. The van der Waals surface area contributed by atoms with Crippen LogP contribution in [-0.2, 0) is 6.54 Å². The average Bonchev–Trinajstić information content (AvgIpc) is 2.34. The van der Waals surface area contributed by atoms with Crippen molar-refractivity contribution < 1.29 is 0 Å². The molecule has 1 aromatic rings. The molecule has 1 aromatic carbocycles. The number of rotatable bonds is 4. The van der Waals surface area contributed by atoms with Gasteiger partial charge in [-0.2, -0.15) is 0 Å². The van der Waals surface area contributed by atoms with Crippen LogP contribution in [0.5, 0.6) is 0 Å². The zero-order valence-electron chi connectivity index (χ0n) is 10.5. The monoisotopic (exact) mass is 252 g/mol. The molecule has 0 N–H and O–H groups in total. The molecule has 1 fully saturated rings. The molecule has 3 heteroatoms. The first-order chi connectivity index (χ1) is 8.29. The third kappa shape index (κ3) is 3.70. The van der Waals surface area contributed by atoms with Gasteiger partial charge in [0.2, 0.25) is 0 Å². The van der Waals surface area contributed by atoms with Gasteiger partial charge in [-0.15, -0.1) is 11.6 Å². The Morgan fingerprint density at radius 1 is 1.24 bits per heavy atom. The summed E-state index contributed by atoms with van der Waals surface area (Å²) in [6, 6.07) is 11.3. The summed E-state index contributed by atoms with van der Waals surface area (Å²) in [4.78, 5) is 5.01. The lowest BCUT2D eigenvalue weighted by Gasteiger charge is -2.39. The number of alkyl halides is 1. The molecule has 0 spiro atoms. The van der Waals surface area contributed by atoms with Crippen LogP contribution >= 0.6 is 11.6 Å². The van der Waals surface area contributed by atoms with Gasteiger partial charge in [-0.3, -0.25) is 9.80 Å². The van der Waals surface area contributed by atoms with Crippen LogP contribution in [0, 0.1) is 0 Å². The van der Waals surface area contributed by atoms with Gasteiger partial charge in [0.25, 0.3) is 0 Å². The Morgan fingerprint density at radius 3 is 2.65 bits per heavy atom. The van der Waals surface area contributed by atoms with Gasteiger partial charge in [-0.25, -0.2) is 0 Å². The van der Waals surface area contributed by atoms with E-state index in [1.165, 1.54) is 5.56 Å². The van der Waals surface area contributed by atoms with Crippen molar-refractivity contribution in [3.8, 4) is 0 Å². The molecule has 0 bridgehead atoms. The van der Waals surface area contributed by atoms with Gasteiger partial charge in [0, 0.05) is 44.6 Å². The molecule has 94 valence electrons. The van der Waals surface area contributed by atoms with Gasteiger partial charge < -0.3 is 0 Å². The lowest BCUT2D eigenvalue weighted by atomic mass is 10.1. The molecule has 1 aliphatic rings. The van der Waals surface area contributed by atoms with E-state index in [0.29, 0.717) is 6.04 Å². The summed E-state index contributed by atoms with van der Waals surface area (Å²) < 4.78 is 0. The molecule has 1 saturated heterocycles. The van der Waals surface area contributed by atoms with Crippen molar-refractivity contribution in [2.45, 2.75) is 19.5 Å². The molecular formula is C14H21ClN2. The standard InChI is InChI=1S/C14H21ClN2/c1-13-11-16(9-10-17(13)8-7-15)12-14-5-3-2-4-6-14/h2-6,13H,7-12H2,1H3. The normalized spacial score (nSPS) is 22.8. The quantitative estimate of drug-likeness (QED) is 0.760. The molecule has 2 rings (SSSR count). The van der Waals surface area contributed by atoms with Crippen LogP contribution in [0.1, 0.15) is 12.5 Å². The van der Waals surface area contributed by atoms with Gasteiger partial charge in [0.15, 0.2) is 0 Å². The van der Waals surface area contributed by atoms with Gasteiger partial charge in [-0.1, -0.05) is 30.3 Å². The number of benzene rings is 1. The highest BCUT2D eigenvalue weighted by atomic mass is 35.5. The maximum Gasteiger partial charge on any atom is 0.0351 e. The Kier molecular flexibility index (Phi) is 4.84. The Morgan fingerprint density at radius 2 is 2.00 bits per heavy atom. The van der Waals surface area contributed by atoms with Crippen LogP contribution < -0.4 is 0 Å². The second kappa shape index (κ2) is 6.39. The zero-order chi connectivity index (χ0) is 12.1. The first kappa shape index (κ1) is 12.9. The molecule has 0 saturated carbocycles. The van der Waals surface area contributed by atoms with Crippen molar-refractivity contribution in [1.82, 2.24) is 9.80 Å². The van der Waals surface area contributed by atoms with Gasteiger partial charge in [0.1, 0.15) is 0 Å². The van der Waals surface area contributed by atoms with Crippen molar-refractivity contribution in [1.29, 1.82) is 0 Å². The SMILES string of the molecule is CC1CN(Cc2ccccc2)CCN1CCCl. The lowest BCUT2D eigenvalue weighted by Crippen LogP contribution is -2.51. The highest BCUT2D eigenvalue weighted by molar-refractivity contribution is 6.18. The summed E-state index contributed by atoms with van der Waals surface area (Å²) in [5, 5.41) is 0. The molecule has 0 radical (unpaired) electrons. The van der Waals surface area contributed by atoms with Crippen molar-refractivity contribution in [3.05, 3.63) is 35.9 Å². The summed E-state index contributed by atoms with van der Waals surface area (Å²) in [5.74, 6) is 0.739. The first-order valence-corrected chi connectivity index (χ1v) is 6.89. The molecule has 1 atom stereocenters. The molecule has 2 nitrogen and oxygen atoms in total. The molecule has 1 heterocycles. The largest absolute Gasteiger partial charge is 0.297 e. The van der Waals surface area contributed by atoms with E-state index in [1.54, 1.807) is 0 Å². The average molecular weight is 253 g/mol. The second-order valence-electron chi connectivity index (χ2n) is 4.79. The molecule has 17 heavy (non-hydrogen) atoms. The van der Waals surface area contributed by atoms with Crippen LogP contribution in [0.25, 0.3) is 0 Å². The molecular weight excluding hydrogens is 232 g/mol. The first-order valence-electron chi connectivity index (χ1n) is 6.36. The number of hydrogen-bond donors (Lipinski definition) is 0. The molecule has 1 aliphatic heterocycles. The van der Waals surface area contributed by atoms with Crippen LogP contribution in [0.2, 0.25) is 0 Å². The van der Waals surface area contributed by atoms with E-state index in [9.17, 15) is 0 Å². The molecule has 0 aromatic heterocycles. The number of nitrogens with zero attached hydrogens (tertiary/aromatic N) is 2. The van der Waals surface area contributed by atoms with E-state index in [4.69, 9.17) is 11.6 Å².